The molecular weight excluding hydrogens is 278 g/mol. The van der Waals surface area contributed by atoms with E-state index in [2.05, 4.69) is 60.0 Å². The number of thiazole rings is 1. The van der Waals surface area contributed by atoms with Crippen LogP contribution in [-0.2, 0) is 6.42 Å². The van der Waals surface area contributed by atoms with E-state index in [1.165, 1.54) is 5.56 Å². The Morgan fingerprint density at radius 3 is 2.52 bits per heavy atom. The minimum atomic E-state index is 0.198. The van der Waals surface area contributed by atoms with Gasteiger partial charge in [-0.2, -0.15) is 0 Å². The summed E-state index contributed by atoms with van der Waals surface area (Å²) in [6.45, 7) is 6.58. The highest BCUT2D eigenvalue weighted by atomic mass is 32.1. The van der Waals surface area contributed by atoms with Gasteiger partial charge in [-0.05, 0) is 18.4 Å². The largest absolute Gasteiger partial charge is 0.271 e. The Balaban J connectivity index is 2.24. The van der Waals surface area contributed by atoms with Crippen molar-refractivity contribution in [2.75, 3.05) is 0 Å². The predicted octanol–water partition coefficient (Wildman–Crippen LogP) is 3.66. The molecule has 114 valence electrons. The van der Waals surface area contributed by atoms with E-state index in [4.69, 9.17) is 5.84 Å². The van der Waals surface area contributed by atoms with Gasteiger partial charge in [-0.25, -0.2) is 4.98 Å². The molecule has 0 aliphatic rings. The summed E-state index contributed by atoms with van der Waals surface area (Å²) in [6.07, 6.45) is 2.00. The first-order valence-corrected chi connectivity index (χ1v) is 8.45. The van der Waals surface area contributed by atoms with E-state index in [1.54, 1.807) is 11.3 Å². The van der Waals surface area contributed by atoms with Crippen molar-refractivity contribution in [3.8, 4) is 0 Å². The quantitative estimate of drug-likeness (QED) is 0.606. The molecule has 0 amide bonds. The molecule has 1 heterocycles. The molecule has 0 saturated carbocycles. The van der Waals surface area contributed by atoms with Gasteiger partial charge in [0.25, 0.3) is 0 Å². The smallest absolute Gasteiger partial charge is 0.0897 e. The monoisotopic (exact) mass is 303 g/mol. The summed E-state index contributed by atoms with van der Waals surface area (Å²) in [7, 11) is 0. The van der Waals surface area contributed by atoms with E-state index in [0.29, 0.717) is 11.8 Å². The van der Waals surface area contributed by atoms with Gasteiger partial charge in [-0.15, -0.1) is 11.3 Å². The van der Waals surface area contributed by atoms with Gasteiger partial charge in [0, 0.05) is 23.8 Å². The summed E-state index contributed by atoms with van der Waals surface area (Å²) >= 11 is 1.70. The number of hydrogen-bond donors (Lipinski definition) is 2. The Bertz CT molecular complexity index is 538. The molecule has 2 aromatic rings. The van der Waals surface area contributed by atoms with E-state index in [9.17, 15) is 0 Å². The van der Waals surface area contributed by atoms with E-state index < -0.39 is 0 Å². The zero-order chi connectivity index (χ0) is 15.2. The number of aromatic nitrogens is 1. The SMILES string of the molecule is CCC(C)C(c1ccccc1)C(Cc1csc(C)n1)NN. The molecule has 0 spiro atoms. The molecule has 0 fully saturated rings. The molecule has 0 radical (unpaired) electrons. The first kappa shape index (κ1) is 16.1. The fourth-order valence-corrected chi connectivity index (χ4v) is 3.53. The maximum atomic E-state index is 5.88. The predicted molar refractivity (Wildman–Crippen MR) is 90.3 cm³/mol. The summed E-state index contributed by atoms with van der Waals surface area (Å²) in [5.74, 6) is 6.84. The van der Waals surface area contributed by atoms with E-state index >= 15 is 0 Å². The zero-order valence-corrected chi connectivity index (χ0v) is 13.9. The number of benzene rings is 1. The Morgan fingerprint density at radius 1 is 1.29 bits per heavy atom. The molecule has 0 aliphatic heterocycles. The average molecular weight is 303 g/mol. The van der Waals surface area contributed by atoms with E-state index in [0.717, 1.165) is 23.5 Å². The van der Waals surface area contributed by atoms with Gasteiger partial charge < -0.3 is 0 Å². The van der Waals surface area contributed by atoms with Crippen molar-refractivity contribution in [1.82, 2.24) is 10.4 Å². The normalized spacial score (nSPS) is 15.6. The Morgan fingerprint density at radius 2 is 2.00 bits per heavy atom. The molecule has 3 N–H and O–H groups in total. The lowest BCUT2D eigenvalue weighted by molar-refractivity contribution is 0.334. The van der Waals surface area contributed by atoms with E-state index in [-0.39, 0.29) is 6.04 Å². The molecule has 3 unspecified atom stereocenters. The van der Waals surface area contributed by atoms with Crippen molar-refractivity contribution in [2.24, 2.45) is 11.8 Å². The van der Waals surface area contributed by atoms with Crippen LogP contribution in [0.1, 0.15) is 42.5 Å². The van der Waals surface area contributed by atoms with Gasteiger partial charge in [0.15, 0.2) is 0 Å². The molecular formula is C17H25N3S. The van der Waals surface area contributed by atoms with Crippen molar-refractivity contribution in [3.63, 3.8) is 0 Å². The second-order valence-electron chi connectivity index (χ2n) is 5.66. The Kier molecular flexibility index (Phi) is 5.91. The zero-order valence-electron chi connectivity index (χ0n) is 13.0. The molecule has 1 aromatic heterocycles. The summed E-state index contributed by atoms with van der Waals surface area (Å²) < 4.78 is 0. The summed E-state index contributed by atoms with van der Waals surface area (Å²) in [5.41, 5.74) is 5.52. The van der Waals surface area contributed by atoms with Crippen LogP contribution in [0.25, 0.3) is 0 Å². The standard InChI is InChI=1S/C17H25N3S/c1-4-12(2)17(14-8-6-5-7-9-14)16(20-18)10-15-11-21-13(3)19-15/h5-9,11-12,16-17,20H,4,10,18H2,1-3H3. The highest BCUT2D eigenvalue weighted by Crippen LogP contribution is 2.31. The van der Waals surface area contributed by atoms with Gasteiger partial charge in [0.05, 0.1) is 10.7 Å². The highest BCUT2D eigenvalue weighted by Gasteiger charge is 2.27. The topological polar surface area (TPSA) is 50.9 Å². The van der Waals surface area contributed by atoms with Crippen molar-refractivity contribution < 1.29 is 0 Å². The lowest BCUT2D eigenvalue weighted by Crippen LogP contribution is -2.43. The second-order valence-corrected chi connectivity index (χ2v) is 6.72. The van der Waals surface area contributed by atoms with E-state index in [1.807, 2.05) is 6.92 Å². The number of hydrazine groups is 1. The minimum Gasteiger partial charge on any atom is -0.271 e. The molecule has 3 atom stereocenters. The number of rotatable bonds is 7. The number of nitrogens with two attached hydrogens (primary N) is 1. The summed E-state index contributed by atoms with van der Waals surface area (Å²) in [4.78, 5) is 4.58. The third kappa shape index (κ3) is 4.13. The minimum absolute atomic E-state index is 0.198. The van der Waals surface area contributed by atoms with Crippen LogP contribution < -0.4 is 11.3 Å². The first-order chi connectivity index (χ1) is 10.2. The van der Waals surface area contributed by atoms with Crippen LogP contribution in [0.5, 0.6) is 0 Å². The maximum absolute atomic E-state index is 5.88. The van der Waals surface area contributed by atoms with Crippen LogP contribution in [0, 0.1) is 12.8 Å². The van der Waals surface area contributed by atoms with Crippen LogP contribution in [0.4, 0.5) is 0 Å². The van der Waals surface area contributed by atoms with Crippen molar-refractivity contribution in [1.29, 1.82) is 0 Å². The molecule has 3 nitrogen and oxygen atoms in total. The molecule has 0 aliphatic carbocycles. The van der Waals surface area contributed by atoms with Crippen LogP contribution in [0.3, 0.4) is 0 Å². The molecule has 0 saturated heterocycles. The number of hydrogen-bond acceptors (Lipinski definition) is 4. The Labute approximate surface area is 131 Å². The molecule has 21 heavy (non-hydrogen) atoms. The molecule has 0 bridgehead atoms. The number of nitrogens with one attached hydrogen (secondary N) is 1. The van der Waals surface area contributed by atoms with Gasteiger partial charge in [-0.1, -0.05) is 50.6 Å². The summed E-state index contributed by atoms with van der Waals surface area (Å²) in [5, 5.41) is 3.25. The number of nitrogens with zero attached hydrogens (tertiary/aromatic N) is 1. The third-order valence-electron chi connectivity index (χ3n) is 4.18. The number of aryl methyl sites for hydroxylation is 1. The van der Waals surface area contributed by atoms with Crippen LogP contribution in [0.2, 0.25) is 0 Å². The lowest BCUT2D eigenvalue weighted by atomic mass is 9.79. The van der Waals surface area contributed by atoms with Crippen molar-refractivity contribution >= 4 is 11.3 Å². The van der Waals surface area contributed by atoms with Gasteiger partial charge in [0.1, 0.15) is 0 Å². The third-order valence-corrected chi connectivity index (χ3v) is 5.01. The molecule has 4 heteroatoms. The fraction of sp³-hybridized carbons (Fsp3) is 0.471. The van der Waals surface area contributed by atoms with Gasteiger partial charge >= 0.3 is 0 Å². The molecule has 1 aromatic carbocycles. The van der Waals surface area contributed by atoms with Gasteiger partial charge in [0.2, 0.25) is 0 Å². The Hall–Kier alpha value is -1.23. The second kappa shape index (κ2) is 7.69. The lowest BCUT2D eigenvalue weighted by Gasteiger charge is -2.31. The fourth-order valence-electron chi connectivity index (χ4n) is 2.90. The highest BCUT2D eigenvalue weighted by molar-refractivity contribution is 7.09. The van der Waals surface area contributed by atoms with Gasteiger partial charge in [-0.3, -0.25) is 11.3 Å². The first-order valence-electron chi connectivity index (χ1n) is 7.57. The van der Waals surface area contributed by atoms with Crippen LogP contribution in [0.15, 0.2) is 35.7 Å². The van der Waals surface area contributed by atoms with Crippen molar-refractivity contribution in [2.45, 2.75) is 45.6 Å². The maximum Gasteiger partial charge on any atom is 0.0897 e. The molecule has 2 rings (SSSR count). The summed E-state index contributed by atoms with van der Waals surface area (Å²) in [6, 6.07) is 10.9. The average Bonchev–Trinajstić information content (AvgIpc) is 2.92. The van der Waals surface area contributed by atoms with Crippen LogP contribution >= 0.6 is 11.3 Å². The van der Waals surface area contributed by atoms with Crippen molar-refractivity contribution in [3.05, 3.63) is 52.0 Å². The van der Waals surface area contributed by atoms with Crippen LogP contribution in [-0.4, -0.2) is 11.0 Å².